The summed E-state index contributed by atoms with van der Waals surface area (Å²) in [5.41, 5.74) is 1.40. The lowest BCUT2D eigenvalue weighted by atomic mass is 9.96. The fraction of sp³-hybridized carbons (Fsp3) is 0.323. The first kappa shape index (κ1) is 33.0. The second-order valence-corrected chi connectivity index (χ2v) is 14.2. The molecule has 2 saturated heterocycles. The van der Waals surface area contributed by atoms with Crippen LogP contribution in [0.4, 0.5) is 4.79 Å². The number of hydrogen-bond acceptors (Lipinski definition) is 6. The van der Waals surface area contributed by atoms with Crippen molar-refractivity contribution in [2.45, 2.75) is 56.1 Å². The van der Waals surface area contributed by atoms with Crippen molar-refractivity contribution in [1.82, 2.24) is 19.4 Å². The Hall–Kier alpha value is -3.35. The number of carbonyl (C=O) groups is 3. The van der Waals surface area contributed by atoms with Crippen molar-refractivity contribution in [3.05, 3.63) is 99.0 Å². The summed E-state index contributed by atoms with van der Waals surface area (Å²) >= 11 is 18.7. The van der Waals surface area contributed by atoms with Crippen LogP contribution in [0, 0.1) is 0 Å². The topological polar surface area (TPSA) is 116 Å². The third-order valence-electron chi connectivity index (χ3n) is 7.76. The number of amides is 3. The number of ether oxygens (including phenoxy) is 1. The Morgan fingerprint density at radius 1 is 0.911 bits per heavy atom. The monoisotopic (exact) mass is 692 g/mol. The highest BCUT2D eigenvalue weighted by atomic mass is 35.5. The minimum Gasteiger partial charge on any atom is -0.445 e. The van der Waals surface area contributed by atoms with Crippen LogP contribution in [0.2, 0.25) is 15.1 Å². The highest BCUT2D eigenvalue weighted by molar-refractivity contribution is 7.89. The number of alkyl carbamates (subject to hydrolysis) is 1. The van der Waals surface area contributed by atoms with Crippen molar-refractivity contribution >= 4 is 62.7 Å². The molecule has 2 aliphatic heterocycles. The first-order valence-corrected chi connectivity index (χ1v) is 16.8. The third kappa shape index (κ3) is 7.07. The van der Waals surface area contributed by atoms with E-state index >= 15 is 0 Å². The summed E-state index contributed by atoms with van der Waals surface area (Å²) in [6, 6.07) is 17.1. The van der Waals surface area contributed by atoms with Crippen LogP contribution < -0.4 is 5.32 Å². The second kappa shape index (κ2) is 13.6. The van der Waals surface area contributed by atoms with Crippen molar-refractivity contribution in [3.8, 4) is 0 Å². The lowest BCUT2D eigenvalue weighted by Gasteiger charge is -2.54. The van der Waals surface area contributed by atoms with Crippen molar-refractivity contribution < 1.29 is 27.5 Å². The smallest absolute Gasteiger partial charge is 0.408 e. The Morgan fingerprint density at radius 3 is 2.27 bits per heavy atom. The number of hydrogen-bond donors (Lipinski definition) is 1. The SMILES string of the molecule is CC(C)N1CC2N(C(=O)C(NC(=O)OCc3ccccc3)CN2S(=O)(=O)c2ccc(Cl)cc2Cl)C(Cc2cccc(Cl)c2)C1=O. The van der Waals surface area contributed by atoms with Crippen LogP contribution in [0.3, 0.4) is 0 Å². The molecule has 5 rings (SSSR count). The molecular formula is C31H31Cl3N4O6S. The fourth-order valence-corrected chi connectivity index (χ4v) is 8.13. The fourth-order valence-electron chi connectivity index (χ4n) is 5.58. The van der Waals surface area contributed by atoms with Crippen LogP contribution in [0.5, 0.6) is 0 Å². The van der Waals surface area contributed by atoms with Gasteiger partial charge in [0, 0.05) is 29.1 Å². The average molecular weight is 694 g/mol. The summed E-state index contributed by atoms with van der Waals surface area (Å²) in [5.74, 6) is -0.974. The Morgan fingerprint density at radius 2 is 1.60 bits per heavy atom. The van der Waals surface area contributed by atoms with E-state index in [2.05, 4.69) is 5.32 Å². The largest absolute Gasteiger partial charge is 0.445 e. The van der Waals surface area contributed by atoms with Crippen LogP contribution in [0.25, 0.3) is 0 Å². The van der Waals surface area contributed by atoms with Gasteiger partial charge < -0.3 is 19.9 Å². The highest BCUT2D eigenvalue weighted by Gasteiger charge is 2.54. The third-order valence-corrected chi connectivity index (χ3v) is 10.6. The molecule has 45 heavy (non-hydrogen) atoms. The van der Waals surface area contributed by atoms with Crippen LogP contribution >= 0.6 is 34.8 Å². The second-order valence-electron chi connectivity index (χ2n) is 11.1. The van der Waals surface area contributed by atoms with Crippen molar-refractivity contribution in [2.75, 3.05) is 13.1 Å². The molecule has 0 bridgehead atoms. The highest BCUT2D eigenvalue weighted by Crippen LogP contribution is 2.35. The van der Waals surface area contributed by atoms with Gasteiger partial charge in [-0.25, -0.2) is 13.2 Å². The minimum atomic E-state index is -4.40. The number of halogens is 3. The summed E-state index contributed by atoms with van der Waals surface area (Å²) in [4.78, 5) is 43.6. The zero-order valence-electron chi connectivity index (χ0n) is 24.4. The normalized spacial score (nSPS) is 20.7. The van der Waals surface area contributed by atoms with Gasteiger partial charge in [0.05, 0.1) is 11.6 Å². The zero-order chi connectivity index (χ0) is 32.5. The maximum Gasteiger partial charge on any atom is 0.408 e. The van der Waals surface area contributed by atoms with Gasteiger partial charge in [-0.3, -0.25) is 9.59 Å². The molecule has 0 aliphatic carbocycles. The molecular weight excluding hydrogens is 663 g/mol. The Kier molecular flexibility index (Phi) is 9.95. The van der Waals surface area contributed by atoms with Gasteiger partial charge in [-0.15, -0.1) is 0 Å². The molecule has 3 aromatic carbocycles. The maximum absolute atomic E-state index is 14.3. The molecule has 2 aliphatic rings. The van der Waals surface area contributed by atoms with Gasteiger partial charge in [0.25, 0.3) is 0 Å². The number of nitrogens with one attached hydrogen (secondary N) is 1. The summed E-state index contributed by atoms with van der Waals surface area (Å²) in [5, 5.41) is 3.11. The summed E-state index contributed by atoms with van der Waals surface area (Å²) in [6.07, 6.45) is -1.96. The molecule has 3 unspecified atom stereocenters. The zero-order valence-corrected chi connectivity index (χ0v) is 27.5. The van der Waals surface area contributed by atoms with Gasteiger partial charge in [0.1, 0.15) is 29.8 Å². The van der Waals surface area contributed by atoms with E-state index in [0.717, 1.165) is 9.87 Å². The van der Waals surface area contributed by atoms with Gasteiger partial charge in [-0.2, -0.15) is 4.31 Å². The van der Waals surface area contributed by atoms with E-state index in [4.69, 9.17) is 39.5 Å². The van der Waals surface area contributed by atoms with Gasteiger partial charge in [0.15, 0.2) is 0 Å². The van der Waals surface area contributed by atoms with Crippen LogP contribution in [-0.4, -0.2) is 77.8 Å². The van der Waals surface area contributed by atoms with E-state index in [0.29, 0.717) is 10.6 Å². The Balaban J connectivity index is 1.54. The molecule has 10 nitrogen and oxygen atoms in total. The molecule has 3 aromatic rings. The van der Waals surface area contributed by atoms with Crippen LogP contribution in [0.15, 0.2) is 77.7 Å². The standard InChI is InChI=1S/C31H31Cl3N4O6S/c1-19(2)36-17-28-37(45(42,43)27-12-11-23(33)15-24(27)34)16-25(35-31(41)44-18-20-7-4-3-5-8-20)29(39)38(28)26(30(36)40)14-21-9-6-10-22(32)13-21/h3-13,15,19,25-26,28H,14,16-18H2,1-2H3,(H,35,41). The first-order chi connectivity index (χ1) is 21.4. The Bertz CT molecular complexity index is 1710. The van der Waals surface area contributed by atoms with E-state index in [1.807, 2.05) is 19.9 Å². The molecule has 2 heterocycles. The lowest BCUT2D eigenvalue weighted by Crippen LogP contribution is -2.76. The van der Waals surface area contributed by atoms with Gasteiger partial charge in [0.2, 0.25) is 21.8 Å². The number of fused-ring (bicyclic) bond motifs is 1. The van der Waals surface area contributed by atoms with Gasteiger partial charge in [-0.1, -0.05) is 77.3 Å². The van der Waals surface area contributed by atoms with Gasteiger partial charge >= 0.3 is 6.09 Å². The van der Waals surface area contributed by atoms with E-state index < -0.39 is 46.8 Å². The lowest BCUT2D eigenvalue weighted by molar-refractivity contribution is -0.168. The van der Waals surface area contributed by atoms with E-state index in [-0.39, 0.29) is 46.5 Å². The molecule has 1 N–H and O–H groups in total. The van der Waals surface area contributed by atoms with Crippen LogP contribution in [0.1, 0.15) is 25.0 Å². The predicted octanol–water partition coefficient (Wildman–Crippen LogP) is 4.96. The number of carbonyl (C=O) groups excluding carboxylic acids is 3. The average Bonchev–Trinajstić information content (AvgIpc) is 2.98. The molecule has 3 atom stereocenters. The number of rotatable bonds is 8. The van der Waals surface area contributed by atoms with Crippen LogP contribution in [-0.2, 0) is 37.4 Å². The Labute approximate surface area is 276 Å². The molecule has 238 valence electrons. The van der Waals surface area contributed by atoms with E-state index in [1.54, 1.807) is 53.4 Å². The molecule has 2 fully saturated rings. The van der Waals surface area contributed by atoms with Crippen molar-refractivity contribution in [3.63, 3.8) is 0 Å². The quantitative estimate of drug-likeness (QED) is 0.357. The van der Waals surface area contributed by atoms with Gasteiger partial charge in [-0.05, 0) is 55.3 Å². The molecule has 3 amide bonds. The summed E-state index contributed by atoms with van der Waals surface area (Å²) in [7, 11) is -4.40. The maximum atomic E-state index is 14.3. The predicted molar refractivity (Wildman–Crippen MR) is 170 cm³/mol. The van der Waals surface area contributed by atoms with Crippen molar-refractivity contribution in [2.24, 2.45) is 0 Å². The van der Waals surface area contributed by atoms with E-state index in [9.17, 15) is 22.8 Å². The number of benzene rings is 3. The van der Waals surface area contributed by atoms with Crippen molar-refractivity contribution in [1.29, 1.82) is 0 Å². The molecule has 0 aromatic heterocycles. The molecule has 14 heteroatoms. The molecule has 0 radical (unpaired) electrons. The summed E-state index contributed by atoms with van der Waals surface area (Å²) in [6.45, 7) is 3.05. The molecule has 0 spiro atoms. The number of piperazine rings is 1. The molecule has 0 saturated carbocycles. The summed E-state index contributed by atoms with van der Waals surface area (Å²) < 4.78 is 35.0. The number of nitrogens with zero attached hydrogens (tertiary/aromatic N) is 3. The number of sulfonamides is 1. The first-order valence-electron chi connectivity index (χ1n) is 14.2. The minimum absolute atomic E-state index is 0.0611. The van der Waals surface area contributed by atoms with E-state index in [1.165, 1.54) is 23.1 Å².